The van der Waals surface area contributed by atoms with Crippen LogP contribution in [-0.4, -0.2) is 31.7 Å². The van der Waals surface area contributed by atoms with Gasteiger partial charge in [0, 0.05) is 24.7 Å². The molecule has 1 heterocycles. The van der Waals surface area contributed by atoms with Gasteiger partial charge >= 0.3 is 0 Å². The third-order valence-corrected chi connectivity index (χ3v) is 8.75. The topological polar surface area (TPSA) is 90.3 Å². The largest absolute Gasteiger partial charge is 0.326 e. The molecule has 0 spiro atoms. The molecule has 5 rings (SSSR count). The Morgan fingerprint density at radius 3 is 2.27 bits per heavy atom. The Kier molecular flexibility index (Phi) is 5.43. The van der Waals surface area contributed by atoms with Gasteiger partial charge in [-0.15, -0.1) is 0 Å². The number of nitrogens with zero attached hydrogens (tertiary/aromatic N) is 2. The lowest BCUT2D eigenvalue weighted by atomic mass is 9.96. The van der Waals surface area contributed by atoms with E-state index in [1.165, 1.54) is 4.31 Å². The van der Waals surface area contributed by atoms with Gasteiger partial charge in [0.2, 0.25) is 15.9 Å². The number of fused-ring (bicyclic) bond motifs is 1. The monoisotopic (exact) mass is 459 g/mol. The van der Waals surface area contributed by atoms with E-state index in [1.807, 2.05) is 54.6 Å². The van der Waals surface area contributed by atoms with Gasteiger partial charge in [-0.05, 0) is 66.3 Å². The molecule has 168 valence electrons. The fourth-order valence-electron chi connectivity index (χ4n) is 4.54. The lowest BCUT2D eigenvalue weighted by Crippen LogP contribution is -2.41. The highest BCUT2D eigenvalue weighted by atomic mass is 32.2. The number of carbonyl (C=O) groups is 1. The first-order valence-electron chi connectivity index (χ1n) is 11.2. The van der Waals surface area contributed by atoms with Crippen LogP contribution in [0.1, 0.15) is 31.2 Å². The first-order chi connectivity index (χ1) is 15.9. The van der Waals surface area contributed by atoms with Crippen molar-refractivity contribution in [2.24, 2.45) is 5.92 Å². The van der Waals surface area contributed by atoms with E-state index >= 15 is 0 Å². The minimum atomic E-state index is -3.60. The second-order valence-corrected chi connectivity index (χ2v) is 10.9. The van der Waals surface area contributed by atoms with Crippen LogP contribution in [0.25, 0.3) is 10.8 Å². The molecular formula is C26H25N3O3S. The molecule has 1 aliphatic carbocycles. The summed E-state index contributed by atoms with van der Waals surface area (Å²) in [5.74, 6) is -0.325. The standard InChI is InChI=1S/C26H25N3O3S/c27-18-26(13-14-26)22-6-8-23(9-7-22)28-25(30)20-11-15-29(16-12-20)33(31,32)24-10-5-19-3-1-2-4-21(19)17-24/h1-10,17,20H,11-16H2,(H,28,30). The summed E-state index contributed by atoms with van der Waals surface area (Å²) in [5.41, 5.74) is 1.35. The summed E-state index contributed by atoms with van der Waals surface area (Å²) >= 11 is 0. The number of nitrogens with one attached hydrogen (secondary N) is 1. The summed E-state index contributed by atoms with van der Waals surface area (Å²) in [5, 5.41) is 14.2. The SMILES string of the molecule is N#CC1(c2ccc(NC(=O)C3CCN(S(=O)(=O)c4ccc5ccccc5c4)CC3)cc2)CC1. The summed E-state index contributed by atoms with van der Waals surface area (Å²) < 4.78 is 27.8. The van der Waals surface area contributed by atoms with Crippen LogP contribution < -0.4 is 5.32 Å². The normalized spacial score (nSPS) is 18.5. The van der Waals surface area contributed by atoms with Gasteiger partial charge in [0.1, 0.15) is 0 Å². The third-order valence-electron chi connectivity index (χ3n) is 6.85. The van der Waals surface area contributed by atoms with E-state index in [0.29, 0.717) is 31.6 Å². The smallest absolute Gasteiger partial charge is 0.243 e. The Bertz CT molecular complexity index is 1350. The van der Waals surface area contributed by atoms with Crippen LogP contribution in [0.4, 0.5) is 5.69 Å². The molecule has 2 fully saturated rings. The van der Waals surface area contributed by atoms with Crippen LogP contribution in [0.3, 0.4) is 0 Å². The maximum atomic E-state index is 13.1. The Balaban J connectivity index is 1.21. The predicted molar refractivity (Wildman–Crippen MR) is 127 cm³/mol. The number of nitriles is 1. The second-order valence-electron chi connectivity index (χ2n) is 8.95. The van der Waals surface area contributed by atoms with Crippen LogP contribution in [0, 0.1) is 17.2 Å². The molecule has 0 radical (unpaired) electrons. The average molecular weight is 460 g/mol. The van der Waals surface area contributed by atoms with E-state index < -0.39 is 10.0 Å². The number of carbonyl (C=O) groups excluding carboxylic acids is 1. The van der Waals surface area contributed by atoms with Crippen LogP contribution >= 0.6 is 0 Å². The molecule has 3 aromatic rings. The highest BCUT2D eigenvalue weighted by molar-refractivity contribution is 7.89. The molecule has 0 atom stereocenters. The number of piperidine rings is 1. The summed E-state index contributed by atoms with van der Waals surface area (Å²) in [4.78, 5) is 13.0. The fourth-order valence-corrected chi connectivity index (χ4v) is 6.05. The van der Waals surface area contributed by atoms with Crippen LogP contribution in [-0.2, 0) is 20.2 Å². The third kappa shape index (κ3) is 4.12. The number of sulfonamides is 1. The van der Waals surface area contributed by atoms with Crippen molar-refractivity contribution in [2.45, 2.75) is 36.0 Å². The Hall–Kier alpha value is -3.21. The van der Waals surface area contributed by atoms with Gasteiger partial charge in [0.15, 0.2) is 0 Å². The van der Waals surface area contributed by atoms with Crippen molar-refractivity contribution in [3.63, 3.8) is 0 Å². The zero-order chi connectivity index (χ0) is 23.1. The number of amides is 1. The van der Waals surface area contributed by atoms with Gasteiger partial charge in [-0.3, -0.25) is 4.79 Å². The molecule has 33 heavy (non-hydrogen) atoms. The van der Waals surface area contributed by atoms with Gasteiger partial charge in [0.05, 0.1) is 16.4 Å². The quantitative estimate of drug-likeness (QED) is 0.611. The molecule has 6 nitrogen and oxygen atoms in total. The molecular weight excluding hydrogens is 434 g/mol. The van der Waals surface area contributed by atoms with Crippen molar-refractivity contribution in [1.29, 1.82) is 5.26 Å². The van der Waals surface area contributed by atoms with Crippen molar-refractivity contribution in [1.82, 2.24) is 4.31 Å². The molecule has 7 heteroatoms. The van der Waals surface area contributed by atoms with Crippen molar-refractivity contribution in [3.05, 3.63) is 72.3 Å². The van der Waals surface area contributed by atoms with Gasteiger partial charge in [-0.25, -0.2) is 8.42 Å². The number of benzene rings is 3. The predicted octanol–water partition coefficient (Wildman–Crippen LogP) is 4.43. The number of rotatable bonds is 5. The zero-order valence-electron chi connectivity index (χ0n) is 18.2. The lowest BCUT2D eigenvalue weighted by molar-refractivity contribution is -0.120. The zero-order valence-corrected chi connectivity index (χ0v) is 19.0. The van der Waals surface area contributed by atoms with Gasteiger partial charge in [-0.2, -0.15) is 9.57 Å². The van der Waals surface area contributed by atoms with E-state index in [0.717, 1.165) is 29.2 Å². The number of hydrogen-bond acceptors (Lipinski definition) is 4. The van der Waals surface area contributed by atoms with Crippen LogP contribution in [0.2, 0.25) is 0 Å². The highest BCUT2D eigenvalue weighted by Gasteiger charge is 2.44. The molecule has 1 amide bonds. The van der Waals surface area contributed by atoms with Crippen molar-refractivity contribution in [2.75, 3.05) is 18.4 Å². The molecule has 0 bridgehead atoms. The van der Waals surface area contributed by atoms with Crippen LogP contribution in [0.15, 0.2) is 71.6 Å². The molecule has 0 unspecified atom stereocenters. The minimum absolute atomic E-state index is 0.0908. The first-order valence-corrected chi connectivity index (χ1v) is 12.7. The van der Waals surface area contributed by atoms with E-state index in [4.69, 9.17) is 0 Å². The highest BCUT2D eigenvalue weighted by Crippen LogP contribution is 2.47. The molecule has 1 N–H and O–H groups in total. The fraction of sp³-hybridized carbons (Fsp3) is 0.308. The molecule has 3 aromatic carbocycles. The molecule has 2 aliphatic rings. The second kappa shape index (κ2) is 8.29. The average Bonchev–Trinajstić information content (AvgIpc) is 3.65. The summed E-state index contributed by atoms with van der Waals surface area (Å²) in [6.07, 6.45) is 2.73. The van der Waals surface area contributed by atoms with Crippen molar-refractivity contribution in [3.8, 4) is 6.07 Å². The van der Waals surface area contributed by atoms with Crippen molar-refractivity contribution >= 4 is 32.4 Å². The first kappa shape index (κ1) is 21.6. The van der Waals surface area contributed by atoms with E-state index in [9.17, 15) is 18.5 Å². The Morgan fingerprint density at radius 1 is 0.970 bits per heavy atom. The Morgan fingerprint density at radius 2 is 1.64 bits per heavy atom. The molecule has 1 aliphatic heterocycles. The molecule has 0 aromatic heterocycles. The van der Waals surface area contributed by atoms with E-state index in [2.05, 4.69) is 11.4 Å². The summed E-state index contributed by atoms with van der Waals surface area (Å²) in [6, 6.07) is 22.7. The van der Waals surface area contributed by atoms with Gasteiger partial charge in [-0.1, -0.05) is 42.5 Å². The van der Waals surface area contributed by atoms with Crippen LogP contribution in [0.5, 0.6) is 0 Å². The van der Waals surface area contributed by atoms with Crippen molar-refractivity contribution < 1.29 is 13.2 Å². The number of hydrogen-bond donors (Lipinski definition) is 1. The molecule has 1 saturated heterocycles. The van der Waals surface area contributed by atoms with E-state index in [-0.39, 0.29) is 22.1 Å². The molecule has 1 saturated carbocycles. The lowest BCUT2D eigenvalue weighted by Gasteiger charge is -2.30. The van der Waals surface area contributed by atoms with E-state index in [1.54, 1.807) is 12.1 Å². The van der Waals surface area contributed by atoms with Gasteiger partial charge in [0.25, 0.3) is 0 Å². The summed E-state index contributed by atoms with van der Waals surface area (Å²) in [7, 11) is -3.60. The minimum Gasteiger partial charge on any atom is -0.326 e. The number of anilines is 1. The van der Waals surface area contributed by atoms with Gasteiger partial charge < -0.3 is 5.32 Å². The summed E-state index contributed by atoms with van der Waals surface area (Å²) in [6.45, 7) is 0.633. The maximum Gasteiger partial charge on any atom is 0.243 e. The maximum absolute atomic E-state index is 13.1. The Labute approximate surface area is 193 Å².